The molecule has 0 aromatic rings. The highest BCUT2D eigenvalue weighted by atomic mass is 79.9. The molecule has 0 aliphatic carbocycles. The van der Waals surface area contributed by atoms with Gasteiger partial charge in [0.25, 0.3) is 0 Å². The van der Waals surface area contributed by atoms with E-state index in [0.29, 0.717) is 6.29 Å². The fourth-order valence-electron chi connectivity index (χ4n) is 0.220. The van der Waals surface area contributed by atoms with Crippen LogP contribution in [0.5, 0.6) is 0 Å². The van der Waals surface area contributed by atoms with Crippen molar-refractivity contribution in [1.29, 1.82) is 0 Å². The lowest BCUT2D eigenvalue weighted by Crippen LogP contribution is -1.99. The van der Waals surface area contributed by atoms with Crippen LogP contribution in [0.1, 0.15) is 0 Å². The Bertz CT molecular complexity index is 175. The van der Waals surface area contributed by atoms with Crippen molar-refractivity contribution in [2.45, 2.75) is 0 Å². The first-order chi connectivity index (χ1) is 4.09. The molecule has 48 valence electrons. The zero-order valence-corrected chi connectivity index (χ0v) is 6.31. The number of hydrogen-bond donors (Lipinski definition) is 1. The minimum Gasteiger partial charge on any atom is -0.477 e. The van der Waals surface area contributed by atoms with Crippen LogP contribution < -0.4 is 0 Å². The Labute approximate surface area is 61.3 Å². The summed E-state index contributed by atoms with van der Waals surface area (Å²) in [6.45, 7) is 0. The summed E-state index contributed by atoms with van der Waals surface area (Å²) in [4.78, 5) is 19.9. The van der Waals surface area contributed by atoms with Crippen LogP contribution in [0.3, 0.4) is 0 Å². The number of rotatable bonds is 2. The highest BCUT2D eigenvalue weighted by Gasteiger charge is 2.04. The molecule has 0 atom stereocenters. The molecule has 0 saturated heterocycles. The van der Waals surface area contributed by atoms with E-state index in [-0.39, 0.29) is 9.95 Å². The van der Waals surface area contributed by atoms with Gasteiger partial charge >= 0.3 is 5.97 Å². The van der Waals surface area contributed by atoms with Gasteiger partial charge in [0.05, 0.1) is 4.48 Å². The van der Waals surface area contributed by atoms with Gasteiger partial charge < -0.3 is 5.11 Å². The fraction of sp³-hybridized carbons (Fsp3) is 0. The Morgan fingerprint density at radius 3 is 2.22 bits per heavy atom. The Balaban J connectivity index is 4.47. The molecule has 0 aromatic heterocycles. The number of carboxylic acids is 1. The highest BCUT2D eigenvalue weighted by Crippen LogP contribution is 2.06. The van der Waals surface area contributed by atoms with Crippen molar-refractivity contribution >= 4 is 36.0 Å². The first-order valence-corrected chi connectivity index (χ1v) is 2.93. The van der Waals surface area contributed by atoms with Crippen LogP contribution in [0.25, 0.3) is 0 Å². The van der Waals surface area contributed by atoms with Gasteiger partial charge in [-0.3, -0.25) is 4.79 Å². The SMILES string of the molecule is B/C(C=O)=C(/Br)C(=O)O. The molecule has 9 heavy (non-hydrogen) atoms. The van der Waals surface area contributed by atoms with Crippen LogP contribution in [0.4, 0.5) is 0 Å². The maximum Gasteiger partial charge on any atom is 0.342 e. The van der Waals surface area contributed by atoms with Crippen LogP contribution in [0.15, 0.2) is 9.95 Å². The van der Waals surface area contributed by atoms with Crippen molar-refractivity contribution < 1.29 is 14.7 Å². The molecule has 0 spiro atoms. The molecule has 0 heterocycles. The lowest BCUT2D eigenvalue weighted by molar-refractivity contribution is -0.131. The van der Waals surface area contributed by atoms with E-state index in [1.54, 1.807) is 0 Å². The molecule has 1 N–H and O–H groups in total. The number of allylic oxidation sites excluding steroid dienone is 1. The molecule has 0 aliphatic rings. The Hall–Kier alpha value is -0.575. The number of carbonyl (C=O) groups is 2. The summed E-state index contributed by atoms with van der Waals surface area (Å²) >= 11 is 2.72. The van der Waals surface area contributed by atoms with Crippen molar-refractivity contribution in [2.75, 3.05) is 0 Å². The van der Waals surface area contributed by atoms with Crippen LogP contribution in [-0.4, -0.2) is 25.2 Å². The minimum atomic E-state index is -1.13. The molecule has 3 nitrogen and oxygen atoms in total. The second-order valence-electron chi connectivity index (χ2n) is 1.42. The normalized spacial score (nSPS) is 12.1. The zero-order chi connectivity index (χ0) is 7.44. The average Bonchev–Trinajstić information content (AvgIpc) is 1.84. The fourth-order valence-corrected chi connectivity index (χ4v) is 0.314. The Kier molecular flexibility index (Phi) is 3.23. The summed E-state index contributed by atoms with van der Waals surface area (Å²) < 4.78 is -0.0856. The van der Waals surface area contributed by atoms with E-state index in [1.807, 2.05) is 0 Å². The van der Waals surface area contributed by atoms with Crippen molar-refractivity contribution in [3.63, 3.8) is 0 Å². The quantitative estimate of drug-likeness (QED) is 0.363. The predicted molar refractivity (Wildman–Crippen MR) is 38.2 cm³/mol. The molecule has 0 aromatic carbocycles. The first-order valence-electron chi connectivity index (χ1n) is 2.14. The van der Waals surface area contributed by atoms with Gasteiger partial charge in [0.2, 0.25) is 0 Å². The smallest absolute Gasteiger partial charge is 0.342 e. The maximum atomic E-state index is 10.0. The molecule has 0 unspecified atom stereocenters. The summed E-state index contributed by atoms with van der Waals surface area (Å²) in [5.74, 6) is -1.13. The van der Waals surface area contributed by atoms with Gasteiger partial charge in [-0.2, -0.15) is 0 Å². The Morgan fingerprint density at radius 2 is 2.11 bits per heavy atom. The van der Waals surface area contributed by atoms with E-state index < -0.39 is 5.97 Å². The third kappa shape index (κ3) is 2.46. The van der Waals surface area contributed by atoms with E-state index in [9.17, 15) is 9.59 Å². The Morgan fingerprint density at radius 1 is 1.67 bits per heavy atom. The van der Waals surface area contributed by atoms with Crippen LogP contribution >= 0.6 is 15.9 Å². The molecular weight excluding hydrogens is 187 g/mol. The monoisotopic (exact) mass is 190 g/mol. The van der Waals surface area contributed by atoms with Gasteiger partial charge in [-0.1, -0.05) is 0 Å². The summed E-state index contributed by atoms with van der Waals surface area (Å²) in [7, 11) is 1.42. The van der Waals surface area contributed by atoms with Crippen molar-refractivity contribution in [1.82, 2.24) is 0 Å². The van der Waals surface area contributed by atoms with E-state index in [2.05, 4.69) is 15.9 Å². The second-order valence-corrected chi connectivity index (χ2v) is 2.21. The number of aldehydes is 1. The molecule has 5 heteroatoms. The van der Waals surface area contributed by atoms with Gasteiger partial charge in [-0.05, 0) is 21.4 Å². The molecule has 0 bridgehead atoms. The van der Waals surface area contributed by atoms with E-state index in [1.165, 1.54) is 7.85 Å². The summed E-state index contributed by atoms with van der Waals surface area (Å²) in [6.07, 6.45) is 0.484. The van der Waals surface area contributed by atoms with Gasteiger partial charge in [-0.25, -0.2) is 4.79 Å². The lowest BCUT2D eigenvalue weighted by atomic mass is 9.97. The van der Waals surface area contributed by atoms with E-state index in [0.717, 1.165) is 0 Å². The number of hydrogen-bond acceptors (Lipinski definition) is 2. The van der Waals surface area contributed by atoms with Gasteiger partial charge in [0, 0.05) is 0 Å². The van der Waals surface area contributed by atoms with Crippen LogP contribution in [0, 0.1) is 0 Å². The molecule has 0 aliphatic heterocycles. The van der Waals surface area contributed by atoms with Gasteiger partial charge in [0.15, 0.2) is 0 Å². The third-order valence-corrected chi connectivity index (χ3v) is 1.68. The molecule has 0 amide bonds. The minimum absolute atomic E-state index is 0.0856. The summed E-state index contributed by atoms with van der Waals surface area (Å²) in [5, 5.41) is 8.22. The lowest BCUT2D eigenvalue weighted by Gasteiger charge is -1.89. The largest absolute Gasteiger partial charge is 0.477 e. The van der Waals surface area contributed by atoms with E-state index in [4.69, 9.17) is 5.11 Å². The van der Waals surface area contributed by atoms with Crippen molar-refractivity contribution in [3.05, 3.63) is 9.95 Å². The highest BCUT2D eigenvalue weighted by molar-refractivity contribution is 9.12. The molecule has 0 saturated carbocycles. The zero-order valence-electron chi connectivity index (χ0n) is 4.72. The van der Waals surface area contributed by atoms with Crippen LogP contribution in [0.2, 0.25) is 0 Å². The average molecular weight is 191 g/mol. The third-order valence-electron chi connectivity index (χ3n) is 0.711. The number of carbonyl (C=O) groups excluding carboxylic acids is 1. The topological polar surface area (TPSA) is 54.4 Å². The molecular formula is C4H4BBrO3. The van der Waals surface area contributed by atoms with Crippen molar-refractivity contribution in [2.24, 2.45) is 0 Å². The van der Waals surface area contributed by atoms with Crippen LogP contribution in [-0.2, 0) is 9.59 Å². The predicted octanol–water partition coefficient (Wildman–Crippen LogP) is -0.490. The number of carboxylic acid groups (broad SMARTS) is 1. The van der Waals surface area contributed by atoms with Gasteiger partial charge in [0.1, 0.15) is 14.1 Å². The van der Waals surface area contributed by atoms with E-state index >= 15 is 0 Å². The summed E-state index contributed by atoms with van der Waals surface area (Å²) in [5.41, 5.74) is 0.183. The number of halogens is 1. The maximum absolute atomic E-state index is 10.0. The number of aliphatic carboxylic acids is 1. The molecule has 0 rings (SSSR count). The van der Waals surface area contributed by atoms with Gasteiger partial charge in [-0.15, -0.1) is 0 Å². The summed E-state index contributed by atoms with van der Waals surface area (Å²) in [6, 6.07) is 0. The standard InChI is InChI=1S/C4H4BBrO3/c5-2(1-7)3(6)4(8)9/h1H,5H2,(H,8,9)/b3-2+. The second kappa shape index (κ2) is 3.45. The van der Waals surface area contributed by atoms with Crippen molar-refractivity contribution in [3.8, 4) is 0 Å². The first kappa shape index (κ1) is 8.42. The molecule has 0 radical (unpaired) electrons. The molecule has 0 fully saturated rings.